The maximum Gasteiger partial charge on any atom is 0.308 e. The third-order valence-electron chi connectivity index (χ3n) is 3.93. The molecule has 6 heteroatoms. The van der Waals surface area contributed by atoms with Crippen molar-refractivity contribution in [2.45, 2.75) is 6.92 Å². The quantitative estimate of drug-likeness (QED) is 0.902. The highest BCUT2D eigenvalue weighted by Gasteiger charge is 2.37. The van der Waals surface area contributed by atoms with Crippen molar-refractivity contribution in [1.82, 2.24) is 14.9 Å². The summed E-state index contributed by atoms with van der Waals surface area (Å²) in [5, 5.41) is 9.14. The molecule has 1 saturated heterocycles. The summed E-state index contributed by atoms with van der Waals surface area (Å²) in [6, 6.07) is 5.16. The van der Waals surface area contributed by atoms with E-state index in [4.69, 9.17) is 5.11 Å². The lowest BCUT2D eigenvalue weighted by molar-refractivity contribution is -0.142. The number of carboxylic acid groups (broad SMARTS) is 1. The standard InChI is InChI=1S/C15H15N3O3/c1-9-7-18(8-11(9)15(20)21)14(19)10-2-3-12-13(6-10)17-5-4-16-12/h2-6,9,11H,7-8H2,1H3,(H,20,21)/t9-,11-/m1/s1. The van der Waals surface area contributed by atoms with Crippen LogP contribution in [-0.4, -0.2) is 44.9 Å². The first-order valence-corrected chi connectivity index (χ1v) is 6.79. The maximum absolute atomic E-state index is 12.5. The van der Waals surface area contributed by atoms with Gasteiger partial charge < -0.3 is 10.0 Å². The van der Waals surface area contributed by atoms with Gasteiger partial charge >= 0.3 is 5.97 Å². The Bertz CT molecular complexity index is 716. The summed E-state index contributed by atoms with van der Waals surface area (Å²) in [5.41, 5.74) is 1.90. The van der Waals surface area contributed by atoms with Crippen LogP contribution in [0.2, 0.25) is 0 Å². The molecule has 6 nitrogen and oxygen atoms in total. The zero-order valence-corrected chi connectivity index (χ0v) is 11.6. The third-order valence-corrected chi connectivity index (χ3v) is 3.93. The van der Waals surface area contributed by atoms with Crippen molar-refractivity contribution in [3.63, 3.8) is 0 Å². The van der Waals surface area contributed by atoms with Crippen molar-refractivity contribution in [1.29, 1.82) is 0 Å². The average molecular weight is 285 g/mol. The van der Waals surface area contributed by atoms with Crippen LogP contribution in [0.15, 0.2) is 30.6 Å². The first kappa shape index (κ1) is 13.5. The Balaban J connectivity index is 1.86. The number of fused-ring (bicyclic) bond motifs is 1. The molecule has 0 bridgehead atoms. The fraction of sp³-hybridized carbons (Fsp3) is 0.333. The molecular weight excluding hydrogens is 270 g/mol. The Morgan fingerprint density at radius 2 is 1.90 bits per heavy atom. The van der Waals surface area contributed by atoms with Crippen LogP contribution in [0.4, 0.5) is 0 Å². The van der Waals surface area contributed by atoms with Gasteiger partial charge in [-0.25, -0.2) is 0 Å². The Morgan fingerprint density at radius 1 is 1.19 bits per heavy atom. The molecule has 0 spiro atoms. The van der Waals surface area contributed by atoms with Crippen LogP contribution in [0.5, 0.6) is 0 Å². The van der Waals surface area contributed by atoms with E-state index in [9.17, 15) is 9.59 Å². The fourth-order valence-corrected chi connectivity index (χ4v) is 2.73. The minimum Gasteiger partial charge on any atom is -0.481 e. The van der Waals surface area contributed by atoms with Gasteiger partial charge in [0.1, 0.15) is 0 Å². The summed E-state index contributed by atoms with van der Waals surface area (Å²) in [7, 11) is 0. The summed E-state index contributed by atoms with van der Waals surface area (Å²) in [4.78, 5) is 33.6. The largest absolute Gasteiger partial charge is 0.481 e. The second-order valence-corrected chi connectivity index (χ2v) is 5.39. The number of hydrogen-bond donors (Lipinski definition) is 1. The molecular formula is C15H15N3O3. The normalized spacial score (nSPS) is 21.7. The summed E-state index contributed by atoms with van der Waals surface area (Å²) in [6.45, 7) is 2.58. The zero-order valence-electron chi connectivity index (χ0n) is 11.6. The maximum atomic E-state index is 12.5. The molecule has 0 unspecified atom stereocenters. The molecule has 0 aliphatic carbocycles. The summed E-state index contributed by atoms with van der Waals surface area (Å²) < 4.78 is 0. The van der Waals surface area contributed by atoms with E-state index < -0.39 is 11.9 Å². The van der Waals surface area contributed by atoms with Crippen LogP contribution >= 0.6 is 0 Å². The first-order chi connectivity index (χ1) is 10.1. The van der Waals surface area contributed by atoms with E-state index in [1.807, 2.05) is 6.92 Å². The van der Waals surface area contributed by atoms with Crippen LogP contribution in [0.3, 0.4) is 0 Å². The van der Waals surface area contributed by atoms with Crippen LogP contribution in [0, 0.1) is 11.8 Å². The fourth-order valence-electron chi connectivity index (χ4n) is 2.73. The minimum absolute atomic E-state index is 0.0355. The predicted octanol–water partition coefficient (Wildman–Crippen LogP) is 1.42. The van der Waals surface area contributed by atoms with Crippen molar-refractivity contribution in [3.8, 4) is 0 Å². The number of rotatable bonds is 2. The zero-order chi connectivity index (χ0) is 15.0. The molecule has 0 radical (unpaired) electrons. The molecule has 108 valence electrons. The Labute approximate surface area is 121 Å². The molecule has 3 rings (SSSR count). The van der Waals surface area contributed by atoms with Gasteiger partial charge in [-0.1, -0.05) is 6.92 Å². The highest BCUT2D eigenvalue weighted by Crippen LogP contribution is 2.25. The van der Waals surface area contributed by atoms with Crippen molar-refractivity contribution in [2.24, 2.45) is 11.8 Å². The number of nitrogens with zero attached hydrogens (tertiary/aromatic N) is 3. The Hall–Kier alpha value is -2.50. The second kappa shape index (κ2) is 5.12. The molecule has 1 amide bonds. The summed E-state index contributed by atoms with van der Waals surface area (Å²) in [6.07, 6.45) is 3.18. The number of amides is 1. The van der Waals surface area contributed by atoms with Crippen molar-refractivity contribution in [2.75, 3.05) is 13.1 Å². The molecule has 2 heterocycles. The molecule has 1 aromatic heterocycles. The van der Waals surface area contributed by atoms with Crippen LogP contribution in [-0.2, 0) is 4.79 Å². The molecule has 2 aromatic rings. The summed E-state index contributed by atoms with van der Waals surface area (Å²) in [5.74, 6) is -1.53. The van der Waals surface area contributed by atoms with Gasteiger partial charge in [-0.15, -0.1) is 0 Å². The van der Waals surface area contributed by atoms with E-state index in [-0.39, 0.29) is 18.4 Å². The van der Waals surface area contributed by atoms with E-state index in [0.29, 0.717) is 17.6 Å². The molecule has 2 atom stereocenters. The van der Waals surface area contributed by atoms with Crippen LogP contribution < -0.4 is 0 Å². The van der Waals surface area contributed by atoms with E-state index in [1.165, 1.54) is 0 Å². The van der Waals surface area contributed by atoms with E-state index in [0.717, 1.165) is 5.52 Å². The molecule has 1 aliphatic rings. The molecule has 1 fully saturated rings. The lowest BCUT2D eigenvalue weighted by Crippen LogP contribution is -2.29. The minimum atomic E-state index is -0.845. The van der Waals surface area contributed by atoms with Gasteiger partial charge in [0.25, 0.3) is 5.91 Å². The highest BCUT2D eigenvalue weighted by atomic mass is 16.4. The van der Waals surface area contributed by atoms with E-state index in [1.54, 1.807) is 35.5 Å². The Morgan fingerprint density at radius 3 is 2.57 bits per heavy atom. The molecule has 21 heavy (non-hydrogen) atoms. The first-order valence-electron chi connectivity index (χ1n) is 6.79. The number of hydrogen-bond acceptors (Lipinski definition) is 4. The summed E-state index contributed by atoms with van der Waals surface area (Å²) >= 11 is 0. The molecule has 0 saturated carbocycles. The van der Waals surface area contributed by atoms with E-state index in [2.05, 4.69) is 9.97 Å². The molecule has 1 aliphatic heterocycles. The van der Waals surface area contributed by atoms with Crippen LogP contribution in [0.25, 0.3) is 11.0 Å². The Kier molecular flexibility index (Phi) is 3.29. The van der Waals surface area contributed by atoms with Crippen molar-refractivity contribution < 1.29 is 14.7 Å². The smallest absolute Gasteiger partial charge is 0.308 e. The number of aliphatic carboxylic acids is 1. The number of carbonyl (C=O) groups is 2. The lowest BCUT2D eigenvalue weighted by Gasteiger charge is -2.16. The number of benzene rings is 1. The highest BCUT2D eigenvalue weighted by molar-refractivity contribution is 5.97. The lowest BCUT2D eigenvalue weighted by atomic mass is 9.99. The predicted molar refractivity (Wildman–Crippen MR) is 75.7 cm³/mol. The van der Waals surface area contributed by atoms with Gasteiger partial charge in [0.2, 0.25) is 0 Å². The topological polar surface area (TPSA) is 83.4 Å². The van der Waals surface area contributed by atoms with Gasteiger partial charge in [0, 0.05) is 31.0 Å². The molecule has 1 aromatic carbocycles. The van der Waals surface area contributed by atoms with E-state index >= 15 is 0 Å². The van der Waals surface area contributed by atoms with Gasteiger partial charge in [0.05, 0.1) is 17.0 Å². The number of likely N-dealkylation sites (tertiary alicyclic amines) is 1. The average Bonchev–Trinajstić information content (AvgIpc) is 2.88. The number of carboxylic acids is 1. The molecule has 1 N–H and O–H groups in total. The monoisotopic (exact) mass is 285 g/mol. The van der Waals surface area contributed by atoms with Crippen LogP contribution in [0.1, 0.15) is 17.3 Å². The van der Waals surface area contributed by atoms with Gasteiger partial charge in [0.15, 0.2) is 0 Å². The van der Waals surface area contributed by atoms with Gasteiger partial charge in [-0.2, -0.15) is 0 Å². The number of aromatic nitrogens is 2. The number of carbonyl (C=O) groups excluding carboxylic acids is 1. The van der Waals surface area contributed by atoms with Crippen molar-refractivity contribution >= 4 is 22.9 Å². The van der Waals surface area contributed by atoms with Gasteiger partial charge in [-0.3, -0.25) is 19.6 Å². The van der Waals surface area contributed by atoms with Gasteiger partial charge in [-0.05, 0) is 24.1 Å². The second-order valence-electron chi connectivity index (χ2n) is 5.39. The third kappa shape index (κ3) is 2.44. The SMILES string of the molecule is C[C@@H]1CN(C(=O)c2ccc3nccnc3c2)C[C@H]1C(=O)O. The van der Waals surface area contributed by atoms with Crippen molar-refractivity contribution in [3.05, 3.63) is 36.2 Å².